The van der Waals surface area contributed by atoms with Gasteiger partial charge in [-0.3, -0.25) is 4.79 Å². The Hall–Kier alpha value is -0.330. The van der Waals surface area contributed by atoms with Crippen molar-refractivity contribution in [2.24, 2.45) is 11.3 Å². The maximum atomic E-state index is 12.7. The van der Waals surface area contributed by atoms with Crippen molar-refractivity contribution in [1.82, 2.24) is 0 Å². The molecule has 0 aromatic carbocycles. The fraction of sp³-hybridized carbons (Fsp3) is 0.933. The molecule has 2 rings (SSSR count). The standard InChI is InChI=1S/C15H26O/c1-2-15(11-7-8-12-15)14(16)13-9-5-3-4-6-10-13/h13H,2-12H2,1H3. The van der Waals surface area contributed by atoms with Crippen molar-refractivity contribution in [3.05, 3.63) is 0 Å². The largest absolute Gasteiger partial charge is 0.299 e. The third-order valence-electron chi connectivity index (χ3n) is 4.99. The molecule has 16 heavy (non-hydrogen) atoms. The number of hydrogen-bond donors (Lipinski definition) is 0. The molecule has 0 unspecified atom stereocenters. The summed E-state index contributed by atoms with van der Waals surface area (Å²) in [5.41, 5.74) is 0.106. The summed E-state index contributed by atoms with van der Waals surface area (Å²) in [6.07, 6.45) is 13.7. The molecule has 1 nitrogen and oxygen atoms in total. The molecule has 0 spiro atoms. The summed E-state index contributed by atoms with van der Waals surface area (Å²) >= 11 is 0. The minimum absolute atomic E-state index is 0.106. The lowest BCUT2D eigenvalue weighted by atomic mass is 9.72. The van der Waals surface area contributed by atoms with Crippen molar-refractivity contribution in [3.8, 4) is 0 Å². The second-order valence-corrected chi connectivity index (χ2v) is 5.89. The van der Waals surface area contributed by atoms with Gasteiger partial charge >= 0.3 is 0 Å². The molecule has 0 N–H and O–H groups in total. The zero-order valence-electron chi connectivity index (χ0n) is 10.8. The van der Waals surface area contributed by atoms with Crippen LogP contribution in [0.15, 0.2) is 0 Å². The fourth-order valence-electron chi connectivity index (χ4n) is 3.80. The van der Waals surface area contributed by atoms with Crippen LogP contribution in [0.4, 0.5) is 0 Å². The van der Waals surface area contributed by atoms with Crippen molar-refractivity contribution < 1.29 is 4.79 Å². The number of carbonyl (C=O) groups is 1. The Morgan fingerprint density at radius 1 is 1.00 bits per heavy atom. The third-order valence-corrected chi connectivity index (χ3v) is 4.99. The van der Waals surface area contributed by atoms with E-state index < -0.39 is 0 Å². The summed E-state index contributed by atoms with van der Waals surface area (Å²) in [5, 5.41) is 0. The fourth-order valence-corrected chi connectivity index (χ4v) is 3.80. The number of carbonyl (C=O) groups excluding carboxylic acids is 1. The highest BCUT2D eigenvalue weighted by atomic mass is 16.1. The molecule has 2 saturated carbocycles. The van der Waals surface area contributed by atoms with Crippen LogP contribution in [-0.4, -0.2) is 5.78 Å². The molecule has 92 valence electrons. The normalized spacial score (nSPS) is 26.6. The second kappa shape index (κ2) is 5.33. The molecule has 0 aromatic rings. The number of Topliss-reactive ketones (excluding diaryl/α,β-unsaturated/α-hetero) is 1. The molecular weight excluding hydrogens is 196 g/mol. The van der Waals surface area contributed by atoms with Crippen LogP contribution in [-0.2, 0) is 4.79 Å². The van der Waals surface area contributed by atoms with E-state index in [1.807, 2.05) is 0 Å². The highest BCUT2D eigenvalue weighted by Gasteiger charge is 2.41. The van der Waals surface area contributed by atoms with E-state index in [4.69, 9.17) is 0 Å². The first kappa shape index (κ1) is 12.1. The van der Waals surface area contributed by atoms with Crippen molar-refractivity contribution in [2.45, 2.75) is 77.6 Å². The van der Waals surface area contributed by atoms with Crippen LogP contribution in [0.2, 0.25) is 0 Å². The van der Waals surface area contributed by atoms with E-state index in [9.17, 15) is 4.79 Å². The van der Waals surface area contributed by atoms with Crippen LogP contribution in [0.25, 0.3) is 0 Å². The smallest absolute Gasteiger partial charge is 0.142 e. The van der Waals surface area contributed by atoms with Crippen LogP contribution in [0.5, 0.6) is 0 Å². The Bertz CT molecular complexity index is 230. The van der Waals surface area contributed by atoms with Crippen molar-refractivity contribution in [1.29, 1.82) is 0 Å². The molecule has 0 aliphatic heterocycles. The molecule has 2 aliphatic carbocycles. The SMILES string of the molecule is CCC1(C(=O)C2CCCCCC2)CCCC1. The third kappa shape index (κ3) is 2.33. The average Bonchev–Trinajstić information content (AvgIpc) is 2.64. The summed E-state index contributed by atoms with van der Waals surface area (Å²) in [6.45, 7) is 2.22. The van der Waals surface area contributed by atoms with Gasteiger partial charge in [0.2, 0.25) is 0 Å². The molecule has 0 aromatic heterocycles. The summed E-state index contributed by atoms with van der Waals surface area (Å²) in [4.78, 5) is 12.7. The molecule has 0 atom stereocenters. The van der Waals surface area contributed by atoms with Crippen LogP contribution >= 0.6 is 0 Å². The van der Waals surface area contributed by atoms with Gasteiger partial charge in [-0.1, -0.05) is 45.4 Å². The first-order valence-electron chi connectivity index (χ1n) is 7.33. The van der Waals surface area contributed by atoms with Gasteiger partial charge in [0, 0.05) is 11.3 Å². The minimum Gasteiger partial charge on any atom is -0.299 e. The van der Waals surface area contributed by atoms with Gasteiger partial charge in [-0.2, -0.15) is 0 Å². The lowest BCUT2D eigenvalue weighted by Gasteiger charge is -2.30. The quantitative estimate of drug-likeness (QED) is 0.643. The molecule has 0 bridgehead atoms. The molecular formula is C15H26O. The van der Waals surface area contributed by atoms with Crippen LogP contribution in [0.3, 0.4) is 0 Å². The molecule has 0 heterocycles. The second-order valence-electron chi connectivity index (χ2n) is 5.89. The summed E-state index contributed by atoms with van der Waals surface area (Å²) in [6, 6.07) is 0. The zero-order chi connectivity index (χ0) is 11.4. The van der Waals surface area contributed by atoms with Crippen LogP contribution in [0.1, 0.15) is 77.6 Å². The highest BCUT2D eigenvalue weighted by Crippen LogP contribution is 2.45. The van der Waals surface area contributed by atoms with Gasteiger partial charge in [0.15, 0.2) is 0 Å². The monoisotopic (exact) mass is 222 g/mol. The van der Waals surface area contributed by atoms with Crippen LogP contribution in [0, 0.1) is 11.3 Å². The molecule has 0 saturated heterocycles. The Morgan fingerprint density at radius 3 is 2.06 bits per heavy atom. The molecule has 1 heteroatoms. The average molecular weight is 222 g/mol. The highest BCUT2D eigenvalue weighted by molar-refractivity contribution is 5.87. The maximum absolute atomic E-state index is 12.7. The van der Waals surface area contributed by atoms with Gasteiger partial charge in [-0.25, -0.2) is 0 Å². The first-order chi connectivity index (χ1) is 7.78. The van der Waals surface area contributed by atoms with Gasteiger partial charge in [0.1, 0.15) is 5.78 Å². The molecule has 2 aliphatic rings. The van der Waals surface area contributed by atoms with Crippen molar-refractivity contribution >= 4 is 5.78 Å². The lowest BCUT2D eigenvalue weighted by Crippen LogP contribution is -2.33. The predicted molar refractivity (Wildman–Crippen MR) is 67.4 cm³/mol. The van der Waals surface area contributed by atoms with E-state index >= 15 is 0 Å². The maximum Gasteiger partial charge on any atom is 0.142 e. The minimum atomic E-state index is 0.106. The molecule has 2 fully saturated rings. The van der Waals surface area contributed by atoms with Gasteiger partial charge < -0.3 is 0 Å². The molecule has 0 amide bonds. The van der Waals surface area contributed by atoms with E-state index in [0.717, 1.165) is 6.42 Å². The van der Waals surface area contributed by atoms with Crippen molar-refractivity contribution in [3.63, 3.8) is 0 Å². The van der Waals surface area contributed by atoms with Gasteiger partial charge in [-0.05, 0) is 32.1 Å². The zero-order valence-corrected chi connectivity index (χ0v) is 10.8. The Balaban J connectivity index is 2.03. The summed E-state index contributed by atoms with van der Waals surface area (Å²) in [7, 11) is 0. The molecule has 0 radical (unpaired) electrons. The Labute approximate surface area is 100.0 Å². The van der Waals surface area contributed by atoms with Crippen molar-refractivity contribution in [2.75, 3.05) is 0 Å². The van der Waals surface area contributed by atoms with E-state index in [1.54, 1.807) is 0 Å². The van der Waals surface area contributed by atoms with E-state index in [1.165, 1.54) is 64.2 Å². The lowest BCUT2D eigenvalue weighted by molar-refractivity contribution is -0.133. The van der Waals surface area contributed by atoms with Crippen LogP contribution < -0.4 is 0 Å². The Kier molecular flexibility index (Phi) is 4.05. The van der Waals surface area contributed by atoms with Gasteiger partial charge in [0.25, 0.3) is 0 Å². The number of ketones is 1. The predicted octanol–water partition coefficient (Wildman–Crippen LogP) is 4.50. The van der Waals surface area contributed by atoms with Gasteiger partial charge in [-0.15, -0.1) is 0 Å². The topological polar surface area (TPSA) is 17.1 Å². The van der Waals surface area contributed by atoms with E-state index in [0.29, 0.717) is 11.7 Å². The first-order valence-corrected chi connectivity index (χ1v) is 7.33. The van der Waals surface area contributed by atoms with E-state index in [-0.39, 0.29) is 5.41 Å². The number of rotatable bonds is 3. The summed E-state index contributed by atoms with van der Waals surface area (Å²) in [5.74, 6) is 1.06. The van der Waals surface area contributed by atoms with Gasteiger partial charge in [0.05, 0.1) is 0 Å². The summed E-state index contributed by atoms with van der Waals surface area (Å²) < 4.78 is 0. The van der Waals surface area contributed by atoms with E-state index in [2.05, 4.69) is 6.92 Å². The Morgan fingerprint density at radius 2 is 1.56 bits per heavy atom. The number of hydrogen-bond acceptors (Lipinski definition) is 1.